The Morgan fingerprint density at radius 3 is 2.51 bits per heavy atom. The zero-order valence-corrected chi connectivity index (χ0v) is 22.2. The summed E-state index contributed by atoms with van der Waals surface area (Å²) in [7, 11) is 0. The number of aliphatic hydroxyl groups is 1. The van der Waals surface area contributed by atoms with Gasteiger partial charge in [0.1, 0.15) is 0 Å². The molecule has 0 unspecified atom stereocenters. The molecule has 2 amide bonds. The van der Waals surface area contributed by atoms with Crippen LogP contribution in [0.1, 0.15) is 44.3 Å². The van der Waals surface area contributed by atoms with Crippen LogP contribution in [-0.4, -0.2) is 47.7 Å². The van der Waals surface area contributed by atoms with Crippen molar-refractivity contribution in [2.24, 2.45) is 5.10 Å². The zero-order valence-electron chi connectivity index (χ0n) is 20.7. The van der Waals surface area contributed by atoms with Gasteiger partial charge in [0.05, 0.1) is 34.7 Å². The summed E-state index contributed by atoms with van der Waals surface area (Å²) in [6.45, 7) is 3.76. The van der Waals surface area contributed by atoms with E-state index in [1.807, 2.05) is 17.9 Å². The van der Waals surface area contributed by atoms with E-state index in [4.69, 9.17) is 23.2 Å². The van der Waals surface area contributed by atoms with Crippen LogP contribution in [-0.2, 0) is 12.7 Å². The fourth-order valence-corrected chi connectivity index (χ4v) is 4.03. The smallest absolute Gasteiger partial charge is 0.395 e. The number of halogens is 5. The second kappa shape index (κ2) is 13.6. The standard InChI is InChI=1S/C27H25Cl2F3N4O3/c1-2-36(10-11-37)16-18-4-3-5-19(12-18)25(38)34-24-9-7-20(28)14-21(24)26(39)35-33-15-17-6-8-23(29)22(13-17)27(30,31)32/h3-9,12-15,37H,2,10-11,16H2,1H3,(H,34,38)(H,35,39). The van der Waals surface area contributed by atoms with Crippen LogP contribution >= 0.6 is 23.2 Å². The van der Waals surface area contributed by atoms with Crippen LogP contribution in [0.25, 0.3) is 0 Å². The number of hydrogen-bond acceptors (Lipinski definition) is 5. The number of hydrogen-bond donors (Lipinski definition) is 3. The van der Waals surface area contributed by atoms with Crippen LogP contribution in [0.15, 0.2) is 65.8 Å². The number of nitrogens with one attached hydrogen (secondary N) is 2. The number of rotatable bonds is 10. The molecule has 3 aromatic rings. The first-order chi connectivity index (χ1) is 18.5. The summed E-state index contributed by atoms with van der Waals surface area (Å²) in [5.41, 5.74) is 2.65. The van der Waals surface area contributed by atoms with Gasteiger partial charge in [-0.1, -0.05) is 48.3 Å². The minimum atomic E-state index is -4.65. The number of carbonyl (C=O) groups is 2. The highest BCUT2D eigenvalue weighted by atomic mass is 35.5. The number of carbonyl (C=O) groups excluding carboxylic acids is 2. The largest absolute Gasteiger partial charge is 0.417 e. The van der Waals surface area contributed by atoms with Gasteiger partial charge in [0.2, 0.25) is 0 Å². The molecule has 0 aliphatic heterocycles. The molecule has 0 radical (unpaired) electrons. The number of aliphatic hydroxyl groups excluding tert-OH is 1. The summed E-state index contributed by atoms with van der Waals surface area (Å²) in [4.78, 5) is 27.8. The number of likely N-dealkylation sites (N-methyl/N-ethyl adjacent to an activating group) is 1. The van der Waals surface area contributed by atoms with Crippen LogP contribution in [0.5, 0.6) is 0 Å². The number of amides is 2. The van der Waals surface area contributed by atoms with Gasteiger partial charge in [-0.25, -0.2) is 5.43 Å². The van der Waals surface area contributed by atoms with E-state index in [1.54, 1.807) is 18.2 Å². The van der Waals surface area contributed by atoms with Gasteiger partial charge >= 0.3 is 6.18 Å². The topological polar surface area (TPSA) is 94.0 Å². The van der Waals surface area contributed by atoms with Crippen molar-refractivity contribution < 1.29 is 27.9 Å². The van der Waals surface area contributed by atoms with Crippen LogP contribution < -0.4 is 10.7 Å². The monoisotopic (exact) mass is 580 g/mol. The lowest BCUT2D eigenvalue weighted by Gasteiger charge is -2.19. The fourth-order valence-electron chi connectivity index (χ4n) is 3.63. The molecule has 7 nitrogen and oxygen atoms in total. The summed E-state index contributed by atoms with van der Waals surface area (Å²) in [5.74, 6) is -1.21. The lowest BCUT2D eigenvalue weighted by Crippen LogP contribution is -2.26. The van der Waals surface area contributed by atoms with Crippen molar-refractivity contribution in [2.45, 2.75) is 19.6 Å². The van der Waals surface area contributed by atoms with E-state index >= 15 is 0 Å². The van der Waals surface area contributed by atoms with Gasteiger partial charge in [-0.2, -0.15) is 18.3 Å². The molecule has 12 heteroatoms. The molecule has 0 aliphatic rings. The highest BCUT2D eigenvalue weighted by molar-refractivity contribution is 6.31. The van der Waals surface area contributed by atoms with Crippen molar-refractivity contribution in [1.82, 2.24) is 10.3 Å². The average molecular weight is 581 g/mol. The van der Waals surface area contributed by atoms with E-state index in [0.29, 0.717) is 18.7 Å². The molecule has 0 fully saturated rings. The number of anilines is 1. The van der Waals surface area contributed by atoms with Gasteiger partial charge in [0.25, 0.3) is 11.8 Å². The zero-order chi connectivity index (χ0) is 28.6. The quantitative estimate of drug-likeness (QED) is 0.207. The van der Waals surface area contributed by atoms with Gasteiger partial charge < -0.3 is 10.4 Å². The first-order valence-corrected chi connectivity index (χ1v) is 12.5. The Kier molecular flexibility index (Phi) is 10.5. The van der Waals surface area contributed by atoms with Gasteiger partial charge in [-0.05, 0) is 60.1 Å². The fraction of sp³-hybridized carbons (Fsp3) is 0.222. The van der Waals surface area contributed by atoms with Crippen molar-refractivity contribution in [3.8, 4) is 0 Å². The third-order valence-electron chi connectivity index (χ3n) is 5.61. The molecule has 3 rings (SSSR count). The van der Waals surface area contributed by atoms with E-state index < -0.39 is 28.6 Å². The van der Waals surface area contributed by atoms with Crippen LogP contribution in [0, 0.1) is 0 Å². The highest BCUT2D eigenvalue weighted by Gasteiger charge is 2.33. The number of nitrogens with zero attached hydrogens (tertiary/aromatic N) is 2. The third kappa shape index (κ3) is 8.52. The molecule has 0 spiro atoms. The SMILES string of the molecule is CCN(CCO)Cc1cccc(C(=O)Nc2ccc(Cl)cc2C(=O)NN=Cc2ccc(Cl)c(C(F)(F)F)c2)c1. The van der Waals surface area contributed by atoms with Crippen molar-refractivity contribution in [3.63, 3.8) is 0 Å². The van der Waals surface area contributed by atoms with Gasteiger partial charge in [-0.3, -0.25) is 14.5 Å². The van der Waals surface area contributed by atoms with Crippen LogP contribution in [0.3, 0.4) is 0 Å². The predicted molar refractivity (Wildman–Crippen MR) is 145 cm³/mol. The molecule has 3 N–H and O–H groups in total. The van der Waals surface area contributed by atoms with E-state index in [2.05, 4.69) is 15.8 Å². The molecule has 0 atom stereocenters. The molecule has 0 bridgehead atoms. The van der Waals surface area contributed by atoms with Crippen LogP contribution in [0.4, 0.5) is 18.9 Å². The van der Waals surface area contributed by atoms with E-state index in [1.165, 1.54) is 24.3 Å². The summed E-state index contributed by atoms with van der Waals surface area (Å²) in [6.07, 6.45) is -3.61. The van der Waals surface area contributed by atoms with E-state index in [9.17, 15) is 27.9 Å². The highest BCUT2D eigenvalue weighted by Crippen LogP contribution is 2.34. The molecule has 0 aromatic heterocycles. The van der Waals surface area contributed by atoms with Crippen molar-refractivity contribution in [2.75, 3.05) is 25.0 Å². The maximum atomic E-state index is 13.1. The summed E-state index contributed by atoms with van der Waals surface area (Å²) >= 11 is 11.7. The number of alkyl halides is 3. The molecular formula is C27H25Cl2F3N4O3. The Morgan fingerprint density at radius 1 is 1.05 bits per heavy atom. The van der Waals surface area contributed by atoms with Gasteiger partial charge in [0, 0.05) is 23.7 Å². The van der Waals surface area contributed by atoms with Crippen LogP contribution in [0.2, 0.25) is 10.0 Å². The maximum absolute atomic E-state index is 13.1. The molecule has 3 aromatic carbocycles. The van der Waals surface area contributed by atoms with Gasteiger partial charge in [-0.15, -0.1) is 0 Å². The Hall–Kier alpha value is -3.44. The second-order valence-corrected chi connectivity index (χ2v) is 9.22. The Morgan fingerprint density at radius 2 is 1.82 bits per heavy atom. The summed E-state index contributed by atoms with van der Waals surface area (Å²) in [5, 5.41) is 15.4. The van der Waals surface area contributed by atoms with Crippen molar-refractivity contribution in [1.29, 1.82) is 0 Å². The number of benzene rings is 3. The molecule has 206 valence electrons. The maximum Gasteiger partial charge on any atom is 0.417 e. The Labute approximate surface area is 233 Å². The van der Waals surface area contributed by atoms with Crippen molar-refractivity contribution >= 4 is 46.9 Å². The van der Waals surface area contributed by atoms with E-state index in [0.717, 1.165) is 30.5 Å². The second-order valence-electron chi connectivity index (χ2n) is 8.37. The first-order valence-electron chi connectivity index (χ1n) is 11.7. The minimum Gasteiger partial charge on any atom is -0.395 e. The first kappa shape index (κ1) is 30.1. The molecular weight excluding hydrogens is 556 g/mol. The summed E-state index contributed by atoms with van der Waals surface area (Å²) < 4.78 is 39.2. The normalized spacial score (nSPS) is 11.7. The Bertz CT molecular complexity index is 1370. The molecule has 0 saturated heterocycles. The third-order valence-corrected chi connectivity index (χ3v) is 6.17. The average Bonchev–Trinajstić information content (AvgIpc) is 2.89. The molecule has 0 aliphatic carbocycles. The van der Waals surface area contributed by atoms with E-state index in [-0.39, 0.29) is 28.4 Å². The molecule has 39 heavy (non-hydrogen) atoms. The predicted octanol–water partition coefficient (Wildman–Crippen LogP) is 5.84. The van der Waals surface area contributed by atoms with Gasteiger partial charge in [0.15, 0.2) is 0 Å². The number of hydrazone groups is 1. The lowest BCUT2D eigenvalue weighted by atomic mass is 10.1. The molecule has 0 heterocycles. The molecule has 0 saturated carbocycles. The Balaban J connectivity index is 1.75. The summed E-state index contributed by atoms with van der Waals surface area (Å²) in [6, 6.07) is 14.4. The lowest BCUT2D eigenvalue weighted by molar-refractivity contribution is -0.137. The van der Waals surface area contributed by atoms with Crippen molar-refractivity contribution in [3.05, 3.63) is 98.5 Å². The minimum absolute atomic E-state index is 0.00338.